The van der Waals surface area contributed by atoms with E-state index in [0.717, 1.165) is 49.9 Å². The Bertz CT molecular complexity index is 1480. The monoisotopic (exact) mass is 380 g/mol. The summed E-state index contributed by atoms with van der Waals surface area (Å²) < 4.78 is 30.6. The van der Waals surface area contributed by atoms with Crippen LogP contribution in [0.5, 0.6) is 0 Å². The second-order valence-corrected chi connectivity index (χ2v) is 7.62. The average molecular weight is 381 g/mol. The van der Waals surface area contributed by atoms with Crippen LogP contribution in [0.2, 0.25) is 0 Å². The Morgan fingerprint density at radius 3 is 2.34 bits per heavy atom. The Hall–Kier alpha value is -3.39. The Balaban J connectivity index is 1.86. The molecular weight excluding hydrogens is 354 g/mol. The zero-order chi connectivity index (χ0) is 22.6. The minimum absolute atomic E-state index is 0.358. The van der Waals surface area contributed by atoms with Gasteiger partial charge in [-0.15, -0.1) is 0 Å². The maximum atomic E-state index is 8.11. The summed E-state index contributed by atoms with van der Waals surface area (Å²) in [5.74, 6) is 0. The topological polar surface area (TPSA) is 26.0 Å². The Kier molecular flexibility index (Phi) is 3.32. The van der Waals surface area contributed by atoms with Crippen LogP contribution in [0, 0.1) is 27.6 Å². The Labute approximate surface area is 175 Å². The number of rotatable bonds is 2. The summed E-state index contributed by atoms with van der Waals surface area (Å²) in [6, 6.07) is 21.7. The summed E-state index contributed by atoms with van der Waals surface area (Å²) >= 11 is 0. The minimum atomic E-state index is -2.21. The first-order valence-corrected chi connectivity index (χ1v) is 9.74. The highest BCUT2D eigenvalue weighted by molar-refractivity contribution is 6.09. The van der Waals surface area contributed by atoms with E-state index in [1.807, 2.05) is 62.4 Å². The van der Waals surface area contributed by atoms with Crippen LogP contribution in [0.3, 0.4) is 0 Å². The Morgan fingerprint density at radius 1 is 0.759 bits per heavy atom. The molecule has 0 bridgehead atoms. The fourth-order valence-electron chi connectivity index (χ4n) is 4.08. The third-order valence-corrected chi connectivity index (χ3v) is 5.57. The molecule has 0 saturated heterocycles. The molecule has 142 valence electrons. The van der Waals surface area contributed by atoms with E-state index in [1.165, 1.54) is 0 Å². The van der Waals surface area contributed by atoms with E-state index in [4.69, 9.17) is 8.53 Å². The van der Waals surface area contributed by atoms with Crippen molar-refractivity contribution in [3.63, 3.8) is 0 Å². The molecule has 29 heavy (non-hydrogen) atoms. The number of hydrogen-bond donors (Lipinski definition) is 0. The van der Waals surface area contributed by atoms with Gasteiger partial charge >= 0.3 is 0 Å². The van der Waals surface area contributed by atoms with Crippen LogP contribution < -0.4 is 0 Å². The average Bonchev–Trinajstić information content (AvgIpc) is 3.11. The summed E-state index contributed by atoms with van der Waals surface area (Å²) in [6.07, 6.45) is 0. The minimum Gasteiger partial charge on any atom is -0.437 e. The summed E-state index contributed by atoms with van der Waals surface area (Å²) in [7, 11) is 0. The molecule has 0 fully saturated rings. The molecule has 0 amide bonds. The summed E-state index contributed by atoms with van der Waals surface area (Å²) in [5.41, 5.74) is 8.16. The molecule has 2 aromatic heterocycles. The largest absolute Gasteiger partial charge is 0.437 e. The highest BCUT2D eigenvalue weighted by Crippen LogP contribution is 2.40. The molecule has 2 heteroatoms. The molecule has 5 rings (SSSR count). The van der Waals surface area contributed by atoms with E-state index in [2.05, 4.69) is 24.0 Å². The SMILES string of the molecule is [2H]C([2H])([2H])c1cc(C)c(-c2c(C)ccc3c2oc2nc(C)ccc23)cc1-c1ccccc1. The van der Waals surface area contributed by atoms with E-state index in [9.17, 15) is 0 Å². The third-order valence-electron chi connectivity index (χ3n) is 5.57. The first-order chi connectivity index (χ1) is 15.2. The van der Waals surface area contributed by atoms with Crippen molar-refractivity contribution in [2.45, 2.75) is 27.6 Å². The number of fused-ring (bicyclic) bond motifs is 3. The number of benzene rings is 3. The van der Waals surface area contributed by atoms with Crippen molar-refractivity contribution in [3.8, 4) is 22.3 Å². The predicted octanol–water partition coefficient (Wildman–Crippen LogP) is 7.55. The molecule has 2 nitrogen and oxygen atoms in total. The molecule has 2 heterocycles. The maximum Gasteiger partial charge on any atom is 0.227 e. The maximum absolute atomic E-state index is 8.11. The molecule has 0 N–H and O–H groups in total. The molecule has 0 saturated carbocycles. The standard InChI is InChI=1S/C27H23NO/c1-16-10-12-21-22-13-11-19(4)28-27(22)29-26(21)25(16)24-15-23(17(2)14-18(24)3)20-8-6-5-7-9-20/h5-15H,1-4H3/i2D3. The lowest BCUT2D eigenvalue weighted by molar-refractivity contribution is 0.653. The number of pyridine rings is 1. The fourth-order valence-corrected chi connectivity index (χ4v) is 4.08. The van der Waals surface area contributed by atoms with E-state index < -0.39 is 6.85 Å². The van der Waals surface area contributed by atoms with Gasteiger partial charge in [0.1, 0.15) is 5.58 Å². The van der Waals surface area contributed by atoms with Crippen LogP contribution >= 0.6 is 0 Å². The zero-order valence-electron chi connectivity index (χ0n) is 19.7. The lowest BCUT2D eigenvalue weighted by Gasteiger charge is -2.15. The lowest BCUT2D eigenvalue weighted by Crippen LogP contribution is -1.92. The van der Waals surface area contributed by atoms with Gasteiger partial charge in [0, 0.05) is 26.1 Å². The molecule has 0 spiro atoms. The van der Waals surface area contributed by atoms with Gasteiger partial charge in [-0.05, 0) is 79.2 Å². The first-order valence-electron chi connectivity index (χ1n) is 11.2. The summed E-state index contributed by atoms with van der Waals surface area (Å²) in [4.78, 5) is 4.57. The highest BCUT2D eigenvalue weighted by Gasteiger charge is 2.18. The summed E-state index contributed by atoms with van der Waals surface area (Å²) in [6.45, 7) is 3.75. The van der Waals surface area contributed by atoms with Crippen LogP contribution in [0.25, 0.3) is 44.3 Å². The third kappa shape index (κ3) is 2.84. The van der Waals surface area contributed by atoms with E-state index in [0.29, 0.717) is 16.8 Å². The molecular formula is C27H23NO. The Morgan fingerprint density at radius 2 is 1.55 bits per heavy atom. The van der Waals surface area contributed by atoms with Crippen molar-refractivity contribution < 1.29 is 8.53 Å². The van der Waals surface area contributed by atoms with Crippen molar-refractivity contribution in [2.24, 2.45) is 0 Å². The molecule has 0 aliphatic carbocycles. The second-order valence-electron chi connectivity index (χ2n) is 7.62. The van der Waals surface area contributed by atoms with Crippen LogP contribution in [-0.4, -0.2) is 4.98 Å². The van der Waals surface area contributed by atoms with Crippen molar-refractivity contribution in [1.82, 2.24) is 4.98 Å². The number of aryl methyl sites for hydroxylation is 4. The fraction of sp³-hybridized carbons (Fsp3) is 0.148. The number of hydrogen-bond acceptors (Lipinski definition) is 2. The van der Waals surface area contributed by atoms with Crippen molar-refractivity contribution in [2.75, 3.05) is 0 Å². The second kappa shape index (κ2) is 6.59. The van der Waals surface area contributed by atoms with E-state index in [1.54, 1.807) is 6.07 Å². The van der Waals surface area contributed by atoms with Crippen molar-refractivity contribution >= 4 is 22.1 Å². The van der Waals surface area contributed by atoms with Gasteiger partial charge < -0.3 is 4.42 Å². The molecule has 0 atom stereocenters. The molecule has 5 aromatic rings. The number of aromatic nitrogens is 1. The van der Waals surface area contributed by atoms with Crippen molar-refractivity contribution in [1.29, 1.82) is 0 Å². The molecule has 3 aromatic carbocycles. The van der Waals surface area contributed by atoms with Crippen molar-refractivity contribution in [3.05, 3.63) is 89.1 Å². The molecule has 0 radical (unpaired) electrons. The smallest absolute Gasteiger partial charge is 0.227 e. The molecule has 0 aliphatic heterocycles. The van der Waals surface area contributed by atoms with Gasteiger partial charge in [0.25, 0.3) is 0 Å². The van der Waals surface area contributed by atoms with Crippen LogP contribution in [0.1, 0.15) is 26.5 Å². The van der Waals surface area contributed by atoms with Gasteiger partial charge in [0.15, 0.2) is 0 Å². The van der Waals surface area contributed by atoms with Crippen LogP contribution in [0.4, 0.5) is 0 Å². The predicted molar refractivity (Wildman–Crippen MR) is 121 cm³/mol. The van der Waals surface area contributed by atoms with E-state index in [-0.39, 0.29) is 0 Å². The zero-order valence-corrected chi connectivity index (χ0v) is 16.7. The van der Waals surface area contributed by atoms with Crippen LogP contribution in [0.15, 0.2) is 71.1 Å². The molecule has 0 unspecified atom stereocenters. The van der Waals surface area contributed by atoms with E-state index >= 15 is 0 Å². The van der Waals surface area contributed by atoms with Gasteiger partial charge in [0.05, 0.1) is 0 Å². The molecule has 0 aliphatic rings. The number of nitrogens with zero attached hydrogens (tertiary/aromatic N) is 1. The van der Waals surface area contributed by atoms with Gasteiger partial charge in [0.2, 0.25) is 5.71 Å². The highest BCUT2D eigenvalue weighted by atomic mass is 16.3. The number of furan rings is 1. The van der Waals surface area contributed by atoms with Gasteiger partial charge in [-0.1, -0.05) is 48.5 Å². The quantitative estimate of drug-likeness (QED) is 0.316. The summed E-state index contributed by atoms with van der Waals surface area (Å²) in [5, 5.41) is 1.99. The lowest BCUT2D eigenvalue weighted by atomic mass is 9.89. The van der Waals surface area contributed by atoms with Gasteiger partial charge in [-0.3, -0.25) is 0 Å². The van der Waals surface area contributed by atoms with Gasteiger partial charge in [-0.25, -0.2) is 4.98 Å². The van der Waals surface area contributed by atoms with Crippen LogP contribution in [-0.2, 0) is 0 Å². The first kappa shape index (κ1) is 14.6. The van der Waals surface area contributed by atoms with Gasteiger partial charge in [-0.2, -0.15) is 0 Å². The normalized spacial score (nSPS) is 13.4.